The molecule has 2 N–H and O–H groups in total. The smallest absolute Gasteiger partial charge is 0.126 e. The quantitative estimate of drug-likeness (QED) is 0.770. The molecule has 70 valence electrons. The van der Waals surface area contributed by atoms with Crippen LogP contribution in [-0.4, -0.2) is 12.1 Å². The van der Waals surface area contributed by atoms with E-state index < -0.39 is 0 Å². The Kier molecular flexibility index (Phi) is 1.96. The molecular formula is C10H12FNO. The van der Waals surface area contributed by atoms with Crippen molar-refractivity contribution in [3.05, 3.63) is 30.1 Å². The molecule has 3 heteroatoms. The van der Waals surface area contributed by atoms with Crippen molar-refractivity contribution >= 4 is 0 Å². The predicted molar refractivity (Wildman–Crippen MR) is 48.0 cm³/mol. The average Bonchev–Trinajstić information content (AvgIpc) is 2.82. The highest BCUT2D eigenvalue weighted by molar-refractivity contribution is 5.22. The number of benzene rings is 1. The number of hydrogen-bond donors (Lipinski definition) is 1. The topological polar surface area (TPSA) is 35.2 Å². The van der Waals surface area contributed by atoms with Gasteiger partial charge in [0.25, 0.3) is 0 Å². The summed E-state index contributed by atoms with van der Waals surface area (Å²) in [7, 11) is 0. The second kappa shape index (κ2) is 3.00. The first kappa shape index (κ1) is 8.51. The molecule has 1 aliphatic carbocycles. The summed E-state index contributed by atoms with van der Waals surface area (Å²) in [6.45, 7) is 0.483. The summed E-state index contributed by atoms with van der Waals surface area (Å²) in [4.78, 5) is 0. The van der Waals surface area contributed by atoms with Crippen molar-refractivity contribution in [3.63, 3.8) is 0 Å². The normalized spacial score (nSPS) is 18.3. The van der Waals surface area contributed by atoms with Crippen LogP contribution in [0.4, 0.5) is 4.39 Å². The molecule has 0 saturated heterocycles. The van der Waals surface area contributed by atoms with Gasteiger partial charge < -0.3 is 10.5 Å². The molecule has 1 saturated carbocycles. The van der Waals surface area contributed by atoms with E-state index in [1.807, 2.05) is 0 Å². The van der Waals surface area contributed by atoms with Crippen LogP contribution < -0.4 is 10.5 Å². The lowest BCUT2D eigenvalue weighted by molar-refractivity contribution is 0.278. The van der Waals surface area contributed by atoms with E-state index in [1.165, 1.54) is 12.1 Å². The highest BCUT2D eigenvalue weighted by atomic mass is 19.1. The average molecular weight is 181 g/mol. The summed E-state index contributed by atoms with van der Waals surface area (Å²) >= 11 is 0. The van der Waals surface area contributed by atoms with Crippen molar-refractivity contribution in [2.45, 2.75) is 18.4 Å². The molecule has 1 fully saturated rings. The fourth-order valence-electron chi connectivity index (χ4n) is 1.09. The van der Waals surface area contributed by atoms with Gasteiger partial charge in [-0.15, -0.1) is 0 Å². The zero-order valence-electron chi connectivity index (χ0n) is 7.29. The maximum atomic E-state index is 12.7. The van der Waals surface area contributed by atoms with E-state index >= 15 is 0 Å². The Morgan fingerprint density at radius 3 is 2.85 bits per heavy atom. The van der Waals surface area contributed by atoms with E-state index in [1.54, 1.807) is 12.1 Å². The zero-order chi connectivity index (χ0) is 9.31. The highest BCUT2D eigenvalue weighted by Gasteiger charge is 2.39. The van der Waals surface area contributed by atoms with Gasteiger partial charge in [0.05, 0.1) is 5.54 Å². The van der Waals surface area contributed by atoms with Crippen molar-refractivity contribution in [2.24, 2.45) is 5.73 Å². The van der Waals surface area contributed by atoms with E-state index in [9.17, 15) is 4.39 Å². The minimum atomic E-state index is -0.278. The molecule has 2 rings (SSSR count). The van der Waals surface area contributed by atoms with Crippen molar-refractivity contribution in [1.82, 2.24) is 0 Å². The summed E-state index contributed by atoms with van der Waals surface area (Å²) in [5.74, 6) is 0.274. The third-order valence-corrected chi connectivity index (χ3v) is 2.21. The van der Waals surface area contributed by atoms with Gasteiger partial charge in [0.15, 0.2) is 0 Å². The van der Waals surface area contributed by atoms with Crippen LogP contribution in [0.5, 0.6) is 5.75 Å². The van der Waals surface area contributed by atoms with Gasteiger partial charge in [-0.25, -0.2) is 4.39 Å². The van der Waals surface area contributed by atoms with E-state index in [0.29, 0.717) is 12.4 Å². The molecule has 0 unspecified atom stereocenters. The molecule has 0 atom stereocenters. The van der Waals surface area contributed by atoms with Crippen LogP contribution >= 0.6 is 0 Å². The number of hydrogen-bond acceptors (Lipinski definition) is 2. The Morgan fingerprint density at radius 1 is 1.46 bits per heavy atom. The van der Waals surface area contributed by atoms with Gasteiger partial charge in [-0.2, -0.15) is 0 Å². The lowest BCUT2D eigenvalue weighted by Crippen LogP contribution is -2.29. The Hall–Kier alpha value is -1.09. The number of nitrogens with two attached hydrogens (primary N) is 1. The minimum Gasteiger partial charge on any atom is -0.492 e. The zero-order valence-corrected chi connectivity index (χ0v) is 7.29. The maximum Gasteiger partial charge on any atom is 0.126 e. The fraction of sp³-hybridized carbons (Fsp3) is 0.400. The van der Waals surface area contributed by atoms with Crippen LogP contribution in [0.25, 0.3) is 0 Å². The molecule has 13 heavy (non-hydrogen) atoms. The van der Waals surface area contributed by atoms with Gasteiger partial charge in [0.2, 0.25) is 0 Å². The molecule has 0 aromatic heterocycles. The summed E-state index contributed by atoms with van der Waals surface area (Å²) in [5, 5.41) is 0. The Labute approximate surface area is 76.5 Å². The molecular weight excluding hydrogens is 169 g/mol. The third kappa shape index (κ3) is 2.18. The molecule has 1 aromatic carbocycles. The molecule has 0 amide bonds. The summed E-state index contributed by atoms with van der Waals surface area (Å²) < 4.78 is 18.0. The SMILES string of the molecule is NC1(COc2cccc(F)c2)CC1. The predicted octanol–water partition coefficient (Wildman–Crippen LogP) is 1.70. The van der Waals surface area contributed by atoms with Crippen LogP contribution in [0.1, 0.15) is 12.8 Å². The third-order valence-electron chi connectivity index (χ3n) is 2.21. The van der Waals surface area contributed by atoms with Gasteiger partial charge in [0, 0.05) is 6.07 Å². The van der Waals surface area contributed by atoms with E-state index in [4.69, 9.17) is 10.5 Å². The van der Waals surface area contributed by atoms with Crippen LogP contribution in [0.3, 0.4) is 0 Å². The number of halogens is 1. The largest absolute Gasteiger partial charge is 0.492 e. The van der Waals surface area contributed by atoms with Gasteiger partial charge in [-0.1, -0.05) is 6.07 Å². The summed E-state index contributed by atoms with van der Waals surface area (Å²) in [5.41, 5.74) is 5.67. The summed E-state index contributed by atoms with van der Waals surface area (Å²) in [6, 6.07) is 6.11. The summed E-state index contributed by atoms with van der Waals surface area (Å²) in [6.07, 6.45) is 2.00. The van der Waals surface area contributed by atoms with Crippen molar-refractivity contribution in [2.75, 3.05) is 6.61 Å². The van der Waals surface area contributed by atoms with E-state index in [0.717, 1.165) is 12.8 Å². The molecule has 2 nitrogen and oxygen atoms in total. The fourth-order valence-corrected chi connectivity index (χ4v) is 1.09. The maximum absolute atomic E-state index is 12.7. The Morgan fingerprint density at radius 2 is 2.23 bits per heavy atom. The second-order valence-corrected chi connectivity index (χ2v) is 3.61. The van der Waals surface area contributed by atoms with Crippen LogP contribution in [0, 0.1) is 5.82 Å². The Balaban J connectivity index is 1.94. The lowest BCUT2D eigenvalue weighted by Gasteiger charge is -2.10. The van der Waals surface area contributed by atoms with Crippen LogP contribution in [0.2, 0.25) is 0 Å². The van der Waals surface area contributed by atoms with E-state index in [2.05, 4.69) is 0 Å². The van der Waals surface area contributed by atoms with Crippen molar-refractivity contribution in [3.8, 4) is 5.75 Å². The Bertz CT molecular complexity index is 310. The monoisotopic (exact) mass is 181 g/mol. The van der Waals surface area contributed by atoms with Gasteiger partial charge in [-0.05, 0) is 25.0 Å². The molecule has 0 radical (unpaired) electrons. The number of rotatable bonds is 3. The van der Waals surface area contributed by atoms with Gasteiger partial charge in [0.1, 0.15) is 18.2 Å². The first-order chi connectivity index (χ1) is 6.18. The minimum absolute atomic E-state index is 0.147. The molecule has 0 spiro atoms. The standard InChI is InChI=1S/C10H12FNO/c11-8-2-1-3-9(6-8)13-7-10(12)4-5-10/h1-3,6H,4-5,7,12H2. The first-order valence-corrected chi connectivity index (χ1v) is 4.35. The van der Waals surface area contributed by atoms with Crippen LogP contribution in [-0.2, 0) is 0 Å². The molecule has 0 heterocycles. The molecule has 1 aliphatic rings. The van der Waals surface area contributed by atoms with Crippen LogP contribution in [0.15, 0.2) is 24.3 Å². The molecule has 1 aromatic rings. The molecule has 0 bridgehead atoms. The van der Waals surface area contributed by atoms with Crippen molar-refractivity contribution < 1.29 is 9.13 Å². The van der Waals surface area contributed by atoms with E-state index in [-0.39, 0.29) is 11.4 Å². The number of ether oxygens (including phenoxy) is 1. The first-order valence-electron chi connectivity index (χ1n) is 4.35. The highest BCUT2D eigenvalue weighted by Crippen LogP contribution is 2.32. The lowest BCUT2D eigenvalue weighted by atomic mass is 10.3. The van der Waals surface area contributed by atoms with Gasteiger partial charge >= 0.3 is 0 Å². The van der Waals surface area contributed by atoms with Crippen molar-refractivity contribution in [1.29, 1.82) is 0 Å². The second-order valence-electron chi connectivity index (χ2n) is 3.61. The molecule has 0 aliphatic heterocycles. The van der Waals surface area contributed by atoms with Gasteiger partial charge in [-0.3, -0.25) is 0 Å².